The summed E-state index contributed by atoms with van der Waals surface area (Å²) in [6.45, 7) is 14.0. The van der Waals surface area contributed by atoms with Gasteiger partial charge in [0.2, 0.25) is 0 Å². The predicted octanol–water partition coefficient (Wildman–Crippen LogP) is 17.6. The molecule has 6 aromatic rings. The van der Waals surface area contributed by atoms with Crippen LogP contribution in [0.5, 0.6) is 0 Å². The normalized spacial score (nSPS) is 15.9. The summed E-state index contributed by atoms with van der Waals surface area (Å²) in [5, 5.41) is 0.770. The van der Waals surface area contributed by atoms with E-state index in [1.807, 2.05) is 12.1 Å². The molecule has 0 radical (unpaired) electrons. The molecular formula is C57H63Cl. The number of halogens is 1. The largest absolute Gasteiger partial charge is 0.0843 e. The van der Waals surface area contributed by atoms with Crippen molar-refractivity contribution in [1.29, 1.82) is 0 Å². The highest BCUT2D eigenvalue weighted by atomic mass is 35.5. The van der Waals surface area contributed by atoms with Crippen LogP contribution in [0.2, 0.25) is 5.02 Å². The van der Waals surface area contributed by atoms with E-state index in [0.29, 0.717) is 0 Å². The summed E-state index contributed by atoms with van der Waals surface area (Å²) < 4.78 is 0. The predicted molar refractivity (Wildman–Crippen MR) is 252 cm³/mol. The van der Waals surface area contributed by atoms with Gasteiger partial charge in [0.15, 0.2) is 0 Å². The number of rotatable bonds is 16. The van der Waals surface area contributed by atoms with Gasteiger partial charge in [-0.05, 0) is 146 Å². The molecule has 298 valence electrons. The Balaban J connectivity index is 1.12. The number of unbranched alkanes of at least 4 members (excludes halogenated alkanes) is 9. The van der Waals surface area contributed by atoms with Gasteiger partial charge in [-0.25, -0.2) is 0 Å². The minimum Gasteiger partial charge on any atom is -0.0843 e. The average molecular weight is 784 g/mol. The third-order valence-electron chi connectivity index (χ3n) is 14.0. The van der Waals surface area contributed by atoms with E-state index in [4.69, 9.17) is 11.6 Å². The zero-order valence-corrected chi connectivity index (χ0v) is 36.8. The molecule has 6 aromatic carbocycles. The fourth-order valence-corrected chi connectivity index (χ4v) is 10.8. The monoisotopic (exact) mass is 782 g/mol. The Bertz CT molecular complexity index is 2410. The Kier molecular flexibility index (Phi) is 11.9. The quantitative estimate of drug-likeness (QED) is 0.0858. The molecule has 0 saturated carbocycles. The first kappa shape index (κ1) is 40.4. The van der Waals surface area contributed by atoms with E-state index in [9.17, 15) is 0 Å². The van der Waals surface area contributed by atoms with Gasteiger partial charge < -0.3 is 0 Å². The van der Waals surface area contributed by atoms with Gasteiger partial charge in [0.1, 0.15) is 0 Å². The SMILES string of the molecule is CCCCCCCCC1(CCCCCCC)c2ccccc2-c2ccc(-c3ccc4c(c3)C(C)(C)c3cc(-c5cc(C)c(-c6ccc(Cl)cc6)cc5C)ccc3-4)cc21. The molecule has 0 spiro atoms. The number of hydrogen-bond acceptors (Lipinski definition) is 0. The number of benzene rings is 6. The van der Waals surface area contributed by atoms with Crippen molar-refractivity contribution in [1.82, 2.24) is 0 Å². The second-order valence-electron chi connectivity index (χ2n) is 18.2. The fraction of sp³-hybridized carbons (Fsp3) is 0.368. The zero-order chi connectivity index (χ0) is 40.4. The summed E-state index contributed by atoms with van der Waals surface area (Å²) in [7, 11) is 0. The van der Waals surface area contributed by atoms with Crippen molar-refractivity contribution in [3.05, 3.63) is 154 Å². The van der Waals surface area contributed by atoms with Crippen LogP contribution in [-0.4, -0.2) is 0 Å². The summed E-state index contributed by atoms with van der Waals surface area (Å²) in [4.78, 5) is 0. The number of fused-ring (bicyclic) bond motifs is 6. The van der Waals surface area contributed by atoms with Crippen LogP contribution in [0.4, 0.5) is 0 Å². The molecule has 0 amide bonds. The summed E-state index contributed by atoms with van der Waals surface area (Å²) in [5.74, 6) is 0. The molecular weight excluding hydrogens is 720 g/mol. The highest BCUT2D eigenvalue weighted by Crippen LogP contribution is 2.56. The van der Waals surface area contributed by atoms with E-state index in [1.165, 1.54) is 161 Å². The summed E-state index contributed by atoms with van der Waals surface area (Å²) >= 11 is 6.22. The van der Waals surface area contributed by atoms with Gasteiger partial charge in [-0.2, -0.15) is 0 Å². The topological polar surface area (TPSA) is 0 Å². The molecule has 0 nitrogen and oxygen atoms in total. The summed E-state index contributed by atoms with van der Waals surface area (Å²) in [6, 6.07) is 44.3. The van der Waals surface area contributed by atoms with E-state index >= 15 is 0 Å². The smallest absolute Gasteiger partial charge is 0.0406 e. The van der Waals surface area contributed by atoms with Crippen molar-refractivity contribution >= 4 is 11.6 Å². The fourth-order valence-electron chi connectivity index (χ4n) is 10.7. The van der Waals surface area contributed by atoms with Gasteiger partial charge in [-0.1, -0.05) is 195 Å². The minimum absolute atomic E-state index is 0.0883. The number of aryl methyl sites for hydroxylation is 2. The Labute approximate surface area is 355 Å². The van der Waals surface area contributed by atoms with Crippen molar-refractivity contribution in [2.75, 3.05) is 0 Å². The molecule has 1 atom stereocenters. The Morgan fingerprint density at radius 3 is 1.41 bits per heavy atom. The van der Waals surface area contributed by atoms with Crippen LogP contribution in [-0.2, 0) is 10.8 Å². The maximum Gasteiger partial charge on any atom is 0.0406 e. The second-order valence-corrected chi connectivity index (χ2v) is 18.6. The Morgan fingerprint density at radius 1 is 0.397 bits per heavy atom. The maximum atomic E-state index is 6.22. The van der Waals surface area contributed by atoms with Gasteiger partial charge in [0.05, 0.1) is 0 Å². The van der Waals surface area contributed by atoms with Crippen molar-refractivity contribution in [2.24, 2.45) is 0 Å². The van der Waals surface area contributed by atoms with Gasteiger partial charge in [0.25, 0.3) is 0 Å². The first-order valence-corrected chi connectivity index (χ1v) is 23.0. The standard InChI is InChI=1S/C57H63Cl/c1-7-9-11-13-15-19-33-57(32-18-14-12-10-8-2)52-21-17-16-20-46(52)49-30-25-43(37-55(49)57)42-24-29-47-48-31-26-44(38-54(48)56(5,6)53(47)36-42)51-35-39(3)50(34-40(51)4)41-22-27-45(58)28-23-41/h16-17,20-31,34-38H,7-15,18-19,32-33H2,1-6H3. The molecule has 8 rings (SSSR count). The molecule has 0 saturated heterocycles. The lowest BCUT2D eigenvalue weighted by Gasteiger charge is -2.33. The first-order valence-electron chi connectivity index (χ1n) is 22.6. The maximum absolute atomic E-state index is 6.22. The van der Waals surface area contributed by atoms with Crippen LogP contribution in [0.25, 0.3) is 55.6 Å². The molecule has 0 aliphatic heterocycles. The lowest BCUT2D eigenvalue weighted by molar-refractivity contribution is 0.398. The molecule has 1 unspecified atom stereocenters. The molecule has 0 heterocycles. The Hall–Kier alpha value is -4.39. The van der Waals surface area contributed by atoms with Crippen LogP contribution >= 0.6 is 11.6 Å². The second kappa shape index (κ2) is 17.1. The number of hydrogen-bond donors (Lipinski definition) is 0. The third kappa shape index (κ3) is 7.52. The van der Waals surface area contributed by atoms with E-state index in [2.05, 4.69) is 145 Å². The third-order valence-corrected chi connectivity index (χ3v) is 14.2. The highest BCUT2D eigenvalue weighted by molar-refractivity contribution is 6.30. The molecule has 58 heavy (non-hydrogen) atoms. The molecule has 0 aromatic heterocycles. The first-order chi connectivity index (χ1) is 28.2. The lowest BCUT2D eigenvalue weighted by Crippen LogP contribution is -2.25. The molecule has 2 aliphatic carbocycles. The van der Waals surface area contributed by atoms with Crippen molar-refractivity contribution in [3.8, 4) is 55.6 Å². The van der Waals surface area contributed by atoms with Crippen LogP contribution in [0.3, 0.4) is 0 Å². The molecule has 0 bridgehead atoms. The van der Waals surface area contributed by atoms with E-state index < -0.39 is 0 Å². The van der Waals surface area contributed by atoms with Gasteiger partial charge in [-0.3, -0.25) is 0 Å². The lowest BCUT2D eigenvalue weighted by atomic mass is 9.70. The molecule has 2 aliphatic rings. The minimum atomic E-state index is -0.115. The van der Waals surface area contributed by atoms with Crippen LogP contribution < -0.4 is 0 Å². The zero-order valence-electron chi connectivity index (χ0n) is 36.0. The van der Waals surface area contributed by atoms with Gasteiger partial charge in [-0.15, -0.1) is 0 Å². The van der Waals surface area contributed by atoms with Gasteiger partial charge >= 0.3 is 0 Å². The van der Waals surface area contributed by atoms with Crippen molar-refractivity contribution in [2.45, 2.75) is 136 Å². The van der Waals surface area contributed by atoms with Gasteiger partial charge in [0, 0.05) is 15.9 Å². The van der Waals surface area contributed by atoms with E-state index in [1.54, 1.807) is 11.1 Å². The Morgan fingerprint density at radius 2 is 0.828 bits per heavy atom. The van der Waals surface area contributed by atoms with Crippen LogP contribution in [0, 0.1) is 13.8 Å². The summed E-state index contributed by atoms with van der Waals surface area (Å²) in [6.07, 6.45) is 17.2. The molecule has 0 fully saturated rings. The van der Waals surface area contributed by atoms with Crippen molar-refractivity contribution < 1.29 is 0 Å². The summed E-state index contributed by atoms with van der Waals surface area (Å²) in [5.41, 5.74) is 22.0. The van der Waals surface area contributed by atoms with Crippen LogP contribution in [0.1, 0.15) is 145 Å². The molecule has 0 N–H and O–H groups in total. The average Bonchev–Trinajstić information content (AvgIpc) is 3.64. The molecule has 1 heteroatoms. The highest BCUT2D eigenvalue weighted by Gasteiger charge is 2.42. The van der Waals surface area contributed by atoms with Crippen LogP contribution in [0.15, 0.2) is 115 Å². The van der Waals surface area contributed by atoms with E-state index in [0.717, 1.165) is 5.02 Å². The van der Waals surface area contributed by atoms with E-state index in [-0.39, 0.29) is 10.8 Å². The van der Waals surface area contributed by atoms with Crippen molar-refractivity contribution in [3.63, 3.8) is 0 Å².